The van der Waals surface area contributed by atoms with Crippen LogP contribution in [0.1, 0.15) is 35.3 Å². The molecule has 18 heavy (non-hydrogen) atoms. The van der Waals surface area contributed by atoms with Crippen LogP contribution in [0, 0.1) is 0 Å². The summed E-state index contributed by atoms with van der Waals surface area (Å²) >= 11 is 0. The number of aliphatic hydroxyl groups excluding tert-OH is 1. The van der Waals surface area contributed by atoms with Gasteiger partial charge in [0.1, 0.15) is 5.56 Å². The molecular weight excluding hydrogens is 234 g/mol. The molecule has 0 saturated carbocycles. The average Bonchev–Trinajstić information content (AvgIpc) is 2.72. The first kappa shape index (κ1) is 13.0. The number of carboxylic acid groups (broad SMARTS) is 1. The van der Waals surface area contributed by atoms with Crippen LogP contribution >= 0.6 is 0 Å². The Morgan fingerprint density at radius 3 is 3.00 bits per heavy atom. The second-order valence-corrected chi connectivity index (χ2v) is 4.74. The maximum Gasteiger partial charge on any atom is 0.339 e. The molecule has 0 spiro atoms. The van der Waals surface area contributed by atoms with E-state index in [0.717, 1.165) is 25.8 Å². The number of piperidine rings is 1. The van der Waals surface area contributed by atoms with Gasteiger partial charge >= 0.3 is 5.97 Å². The molecule has 0 bridgehead atoms. The number of rotatable bonds is 4. The van der Waals surface area contributed by atoms with Crippen molar-refractivity contribution < 1.29 is 15.0 Å². The second kappa shape index (κ2) is 5.49. The summed E-state index contributed by atoms with van der Waals surface area (Å²) in [6.07, 6.45) is 4.57. The molecule has 2 N–H and O–H groups in total. The van der Waals surface area contributed by atoms with Crippen LogP contribution in [0.25, 0.3) is 0 Å². The van der Waals surface area contributed by atoms with Crippen molar-refractivity contribution in [3.63, 3.8) is 0 Å². The lowest BCUT2D eigenvalue weighted by Gasteiger charge is -2.34. The smallest absolute Gasteiger partial charge is 0.339 e. The Balaban J connectivity index is 2.17. The fourth-order valence-electron chi connectivity index (χ4n) is 2.50. The largest absolute Gasteiger partial charge is 0.478 e. The Kier molecular flexibility index (Phi) is 3.98. The van der Waals surface area contributed by atoms with E-state index in [1.54, 1.807) is 11.7 Å². The minimum atomic E-state index is -0.948. The first-order valence-corrected chi connectivity index (χ1v) is 6.22. The highest BCUT2D eigenvalue weighted by Crippen LogP contribution is 2.20. The van der Waals surface area contributed by atoms with E-state index in [2.05, 4.69) is 10.00 Å². The van der Waals surface area contributed by atoms with Crippen molar-refractivity contribution >= 4 is 5.97 Å². The molecule has 1 aromatic rings. The standard InChI is InChI=1S/C12H19N3O3/c1-14-11(10(6-13-14)12(17)18)7-15-5-3-2-4-9(15)8-16/h6,9,16H,2-5,7-8H2,1H3,(H,17,18). The van der Waals surface area contributed by atoms with Crippen molar-refractivity contribution in [2.45, 2.75) is 31.8 Å². The van der Waals surface area contributed by atoms with Gasteiger partial charge in [-0.05, 0) is 19.4 Å². The summed E-state index contributed by atoms with van der Waals surface area (Å²) in [5.74, 6) is -0.948. The van der Waals surface area contributed by atoms with Gasteiger partial charge in [-0.2, -0.15) is 5.10 Å². The maximum absolute atomic E-state index is 11.1. The van der Waals surface area contributed by atoms with Crippen LogP contribution in [0.2, 0.25) is 0 Å². The van der Waals surface area contributed by atoms with Gasteiger partial charge in [-0.3, -0.25) is 9.58 Å². The zero-order valence-corrected chi connectivity index (χ0v) is 10.5. The van der Waals surface area contributed by atoms with Crippen LogP contribution in [0.3, 0.4) is 0 Å². The summed E-state index contributed by atoms with van der Waals surface area (Å²) in [6, 6.07) is 0.135. The van der Waals surface area contributed by atoms with Crippen LogP contribution in [0.4, 0.5) is 0 Å². The Hall–Kier alpha value is -1.40. The highest BCUT2D eigenvalue weighted by atomic mass is 16.4. The van der Waals surface area contributed by atoms with Gasteiger partial charge in [0.15, 0.2) is 0 Å². The number of aromatic nitrogens is 2. The van der Waals surface area contributed by atoms with E-state index in [4.69, 9.17) is 5.11 Å². The average molecular weight is 253 g/mol. The highest BCUT2D eigenvalue weighted by Gasteiger charge is 2.25. The summed E-state index contributed by atoms with van der Waals surface area (Å²) in [5.41, 5.74) is 0.947. The minimum Gasteiger partial charge on any atom is -0.478 e. The molecular formula is C12H19N3O3. The molecule has 2 heterocycles. The molecule has 2 rings (SSSR count). The van der Waals surface area contributed by atoms with Crippen LogP contribution in [0.5, 0.6) is 0 Å². The second-order valence-electron chi connectivity index (χ2n) is 4.74. The molecule has 0 amide bonds. The van der Waals surface area contributed by atoms with Gasteiger partial charge in [0, 0.05) is 19.6 Å². The molecule has 0 radical (unpaired) electrons. The van der Waals surface area contributed by atoms with Gasteiger partial charge in [0.2, 0.25) is 0 Å². The van der Waals surface area contributed by atoms with Gasteiger partial charge < -0.3 is 10.2 Å². The van der Waals surface area contributed by atoms with E-state index in [-0.39, 0.29) is 18.2 Å². The Morgan fingerprint density at radius 1 is 1.56 bits per heavy atom. The molecule has 6 nitrogen and oxygen atoms in total. The summed E-state index contributed by atoms with van der Waals surface area (Å²) in [7, 11) is 1.75. The number of likely N-dealkylation sites (tertiary alicyclic amines) is 1. The number of aryl methyl sites for hydroxylation is 1. The number of carboxylic acids is 1. The molecule has 0 aliphatic carbocycles. The van der Waals surface area contributed by atoms with E-state index in [9.17, 15) is 9.90 Å². The molecule has 1 fully saturated rings. The van der Waals surface area contributed by atoms with Crippen molar-refractivity contribution in [3.8, 4) is 0 Å². The zero-order chi connectivity index (χ0) is 13.1. The van der Waals surface area contributed by atoms with Crippen LogP contribution in [-0.4, -0.2) is 50.1 Å². The van der Waals surface area contributed by atoms with Crippen molar-refractivity contribution in [1.82, 2.24) is 14.7 Å². The van der Waals surface area contributed by atoms with Crippen molar-refractivity contribution in [1.29, 1.82) is 0 Å². The molecule has 1 aliphatic heterocycles. The summed E-state index contributed by atoms with van der Waals surface area (Å²) in [5, 5.41) is 22.5. The predicted octanol–water partition coefficient (Wildman–Crippen LogP) is 0.465. The third kappa shape index (κ3) is 2.54. The third-order valence-electron chi connectivity index (χ3n) is 3.60. The zero-order valence-electron chi connectivity index (χ0n) is 10.5. The van der Waals surface area contributed by atoms with E-state index >= 15 is 0 Å². The lowest BCUT2D eigenvalue weighted by molar-refractivity contribution is 0.0682. The van der Waals surface area contributed by atoms with Gasteiger partial charge in [0.05, 0.1) is 18.5 Å². The summed E-state index contributed by atoms with van der Waals surface area (Å²) in [6.45, 7) is 1.55. The SMILES string of the molecule is Cn1ncc(C(=O)O)c1CN1CCCCC1CO. The van der Waals surface area contributed by atoms with E-state index in [0.29, 0.717) is 12.2 Å². The van der Waals surface area contributed by atoms with Crippen LogP contribution in [0.15, 0.2) is 6.20 Å². The van der Waals surface area contributed by atoms with Crippen LogP contribution in [-0.2, 0) is 13.6 Å². The number of hydrogen-bond donors (Lipinski definition) is 2. The number of nitrogens with zero attached hydrogens (tertiary/aromatic N) is 3. The Bertz CT molecular complexity index is 430. The van der Waals surface area contributed by atoms with E-state index in [1.807, 2.05) is 0 Å². The topological polar surface area (TPSA) is 78.6 Å². The van der Waals surface area contributed by atoms with Gasteiger partial charge in [-0.25, -0.2) is 4.79 Å². The molecule has 0 aromatic carbocycles. The molecule has 1 atom stereocenters. The first-order chi connectivity index (χ1) is 8.63. The number of carbonyl (C=O) groups is 1. The van der Waals surface area contributed by atoms with Crippen molar-refractivity contribution in [2.24, 2.45) is 7.05 Å². The maximum atomic E-state index is 11.1. The number of aromatic carboxylic acids is 1. The minimum absolute atomic E-state index is 0.125. The lowest BCUT2D eigenvalue weighted by Crippen LogP contribution is -2.41. The van der Waals surface area contributed by atoms with Gasteiger partial charge in [-0.15, -0.1) is 0 Å². The Labute approximate surface area is 106 Å². The number of aliphatic hydroxyl groups is 1. The molecule has 6 heteroatoms. The molecule has 100 valence electrons. The number of hydrogen-bond acceptors (Lipinski definition) is 4. The van der Waals surface area contributed by atoms with Gasteiger partial charge in [-0.1, -0.05) is 6.42 Å². The van der Waals surface area contributed by atoms with Gasteiger partial charge in [0.25, 0.3) is 0 Å². The fourth-order valence-corrected chi connectivity index (χ4v) is 2.50. The van der Waals surface area contributed by atoms with Crippen molar-refractivity contribution in [2.75, 3.05) is 13.2 Å². The predicted molar refractivity (Wildman–Crippen MR) is 65.3 cm³/mol. The van der Waals surface area contributed by atoms with Crippen LogP contribution < -0.4 is 0 Å². The normalized spacial score (nSPS) is 21.1. The molecule has 1 unspecified atom stereocenters. The van der Waals surface area contributed by atoms with Crippen molar-refractivity contribution in [3.05, 3.63) is 17.5 Å². The molecule has 1 aliphatic rings. The Morgan fingerprint density at radius 2 is 2.33 bits per heavy atom. The summed E-state index contributed by atoms with van der Waals surface area (Å²) < 4.78 is 1.60. The molecule has 1 saturated heterocycles. The van der Waals surface area contributed by atoms with E-state index in [1.165, 1.54) is 6.20 Å². The van der Waals surface area contributed by atoms with E-state index < -0.39 is 5.97 Å². The summed E-state index contributed by atoms with van der Waals surface area (Å²) in [4.78, 5) is 13.3. The molecule has 1 aromatic heterocycles. The highest BCUT2D eigenvalue weighted by molar-refractivity contribution is 5.88. The lowest BCUT2D eigenvalue weighted by atomic mass is 10.0. The third-order valence-corrected chi connectivity index (χ3v) is 3.60. The first-order valence-electron chi connectivity index (χ1n) is 6.22. The fraction of sp³-hybridized carbons (Fsp3) is 0.667. The quantitative estimate of drug-likeness (QED) is 0.815. The monoisotopic (exact) mass is 253 g/mol.